The zero-order valence-corrected chi connectivity index (χ0v) is 17.8. The van der Waals surface area contributed by atoms with Crippen molar-refractivity contribution in [2.24, 2.45) is 10.8 Å². The minimum absolute atomic E-state index is 0.0284. The van der Waals surface area contributed by atoms with Crippen LogP contribution in [0, 0.1) is 10.8 Å². The normalized spacial score (nSPS) is 27.1. The number of ketones is 3. The molecule has 4 rings (SSSR count). The summed E-state index contributed by atoms with van der Waals surface area (Å²) >= 11 is 0. The van der Waals surface area contributed by atoms with Crippen LogP contribution in [0.5, 0.6) is 5.75 Å². The standard InChI is InChI=1S/C24H28O5/c1-22(2)10-16(25)20-17(11-22)29-24(18(26)12-23(3,4)13-19(24)27)21(20)14-6-8-15(28-5)9-7-14/h6-9,21H,10-13H2,1-5H3/t21-/m0/s1. The Balaban J connectivity index is 1.89. The number of allylic oxidation sites excluding steroid dienone is 1. The van der Waals surface area contributed by atoms with E-state index in [1.807, 2.05) is 39.8 Å². The van der Waals surface area contributed by atoms with E-state index < -0.39 is 16.9 Å². The fourth-order valence-corrected chi connectivity index (χ4v) is 5.13. The Morgan fingerprint density at radius 1 is 0.862 bits per heavy atom. The molecule has 2 aliphatic carbocycles. The first kappa shape index (κ1) is 19.9. The van der Waals surface area contributed by atoms with Crippen LogP contribution in [-0.4, -0.2) is 30.1 Å². The van der Waals surface area contributed by atoms with E-state index in [9.17, 15) is 14.4 Å². The molecule has 1 aromatic rings. The van der Waals surface area contributed by atoms with Gasteiger partial charge in [-0.25, -0.2) is 0 Å². The molecule has 1 heterocycles. The van der Waals surface area contributed by atoms with E-state index >= 15 is 0 Å². The van der Waals surface area contributed by atoms with E-state index in [0.717, 1.165) is 5.56 Å². The number of ether oxygens (including phenoxy) is 2. The summed E-state index contributed by atoms with van der Waals surface area (Å²) in [5, 5.41) is 0. The van der Waals surface area contributed by atoms with Crippen molar-refractivity contribution in [3.63, 3.8) is 0 Å². The summed E-state index contributed by atoms with van der Waals surface area (Å²) in [6.07, 6.45) is 1.44. The van der Waals surface area contributed by atoms with Crippen molar-refractivity contribution in [1.82, 2.24) is 0 Å². The van der Waals surface area contributed by atoms with Crippen molar-refractivity contribution in [3.8, 4) is 5.75 Å². The van der Waals surface area contributed by atoms with Gasteiger partial charge in [0.05, 0.1) is 13.0 Å². The Kier molecular flexibility index (Phi) is 4.30. The predicted molar refractivity (Wildman–Crippen MR) is 108 cm³/mol. The Morgan fingerprint density at radius 3 is 1.97 bits per heavy atom. The number of rotatable bonds is 2. The van der Waals surface area contributed by atoms with Crippen LogP contribution >= 0.6 is 0 Å². The average Bonchev–Trinajstić information content (AvgIpc) is 2.95. The first-order chi connectivity index (χ1) is 13.5. The molecule has 0 bridgehead atoms. The van der Waals surface area contributed by atoms with Crippen LogP contribution in [0.3, 0.4) is 0 Å². The molecule has 5 nitrogen and oxygen atoms in total. The van der Waals surface area contributed by atoms with Gasteiger partial charge in [0.15, 0.2) is 17.3 Å². The molecular weight excluding hydrogens is 368 g/mol. The molecule has 154 valence electrons. The Morgan fingerprint density at radius 2 is 1.41 bits per heavy atom. The molecule has 1 spiro atoms. The summed E-state index contributed by atoms with van der Waals surface area (Å²) in [5.41, 5.74) is -1.03. The van der Waals surface area contributed by atoms with Gasteiger partial charge in [-0.15, -0.1) is 0 Å². The first-order valence-corrected chi connectivity index (χ1v) is 10.1. The van der Waals surface area contributed by atoms with Crippen molar-refractivity contribution >= 4 is 17.3 Å². The molecule has 0 radical (unpaired) electrons. The molecule has 1 saturated carbocycles. The third-order valence-electron chi connectivity index (χ3n) is 6.41. The van der Waals surface area contributed by atoms with Crippen LogP contribution in [0.25, 0.3) is 0 Å². The van der Waals surface area contributed by atoms with Gasteiger partial charge < -0.3 is 9.47 Å². The summed E-state index contributed by atoms with van der Waals surface area (Å²) in [7, 11) is 1.58. The van der Waals surface area contributed by atoms with E-state index in [-0.39, 0.29) is 35.6 Å². The van der Waals surface area contributed by atoms with E-state index in [1.54, 1.807) is 19.2 Å². The first-order valence-electron chi connectivity index (χ1n) is 10.1. The number of methoxy groups -OCH3 is 1. The third kappa shape index (κ3) is 3.02. The molecule has 0 unspecified atom stereocenters. The molecule has 3 aliphatic rings. The molecule has 0 aromatic heterocycles. The predicted octanol–water partition coefficient (Wildman–Crippen LogP) is 4.15. The maximum absolute atomic E-state index is 13.5. The lowest BCUT2D eigenvalue weighted by atomic mass is 9.61. The molecule has 1 aromatic carbocycles. The largest absolute Gasteiger partial charge is 0.497 e. The summed E-state index contributed by atoms with van der Waals surface area (Å²) in [5.74, 6) is 0.0320. The second-order valence-electron chi connectivity index (χ2n) is 10.2. The number of benzene rings is 1. The SMILES string of the molecule is COc1ccc([C@H]2C3=C(CC(C)(C)CC3=O)OC23C(=O)CC(C)(C)CC3=O)cc1. The number of Topliss-reactive ketones (excluding diaryl/α,β-unsaturated/α-hetero) is 3. The lowest BCUT2D eigenvalue weighted by molar-refractivity contribution is -0.160. The Labute approximate surface area is 171 Å². The highest BCUT2D eigenvalue weighted by Gasteiger charge is 2.65. The number of carbonyl (C=O) groups excluding carboxylic acids is 3. The minimum Gasteiger partial charge on any atom is -0.497 e. The van der Waals surface area contributed by atoms with Crippen molar-refractivity contribution < 1.29 is 23.9 Å². The lowest BCUT2D eigenvalue weighted by Gasteiger charge is -2.41. The van der Waals surface area contributed by atoms with Gasteiger partial charge in [-0.1, -0.05) is 39.8 Å². The maximum Gasteiger partial charge on any atom is 0.234 e. The topological polar surface area (TPSA) is 69.7 Å². The molecule has 0 amide bonds. The van der Waals surface area contributed by atoms with Crippen LogP contribution in [0.1, 0.15) is 64.9 Å². The van der Waals surface area contributed by atoms with Gasteiger partial charge in [0.25, 0.3) is 0 Å². The summed E-state index contributed by atoms with van der Waals surface area (Å²) < 4.78 is 11.5. The monoisotopic (exact) mass is 396 g/mol. The van der Waals surface area contributed by atoms with Gasteiger partial charge in [-0.3, -0.25) is 14.4 Å². The molecule has 1 atom stereocenters. The van der Waals surface area contributed by atoms with Crippen LogP contribution in [0.15, 0.2) is 35.6 Å². The second-order valence-corrected chi connectivity index (χ2v) is 10.2. The fraction of sp³-hybridized carbons (Fsp3) is 0.542. The molecule has 29 heavy (non-hydrogen) atoms. The smallest absolute Gasteiger partial charge is 0.234 e. The summed E-state index contributed by atoms with van der Waals surface area (Å²) in [6.45, 7) is 7.88. The molecule has 1 aliphatic heterocycles. The van der Waals surface area contributed by atoms with Crippen molar-refractivity contribution in [3.05, 3.63) is 41.2 Å². The highest BCUT2D eigenvalue weighted by atomic mass is 16.5. The minimum atomic E-state index is -1.62. The van der Waals surface area contributed by atoms with Crippen molar-refractivity contribution in [2.45, 2.75) is 64.9 Å². The van der Waals surface area contributed by atoms with Gasteiger partial charge in [0.1, 0.15) is 11.5 Å². The van der Waals surface area contributed by atoms with Gasteiger partial charge in [0.2, 0.25) is 5.60 Å². The Bertz CT molecular complexity index is 913. The molecule has 1 fully saturated rings. The van der Waals surface area contributed by atoms with E-state index in [0.29, 0.717) is 29.9 Å². The number of carbonyl (C=O) groups is 3. The van der Waals surface area contributed by atoms with Gasteiger partial charge >= 0.3 is 0 Å². The lowest BCUT2D eigenvalue weighted by Crippen LogP contribution is -2.57. The van der Waals surface area contributed by atoms with Gasteiger partial charge in [-0.2, -0.15) is 0 Å². The van der Waals surface area contributed by atoms with Crippen LogP contribution in [-0.2, 0) is 19.1 Å². The summed E-state index contributed by atoms with van der Waals surface area (Å²) in [4.78, 5) is 40.1. The fourth-order valence-electron chi connectivity index (χ4n) is 5.13. The molecule has 0 saturated heterocycles. The average molecular weight is 396 g/mol. The molecule has 0 N–H and O–H groups in total. The van der Waals surface area contributed by atoms with Crippen molar-refractivity contribution in [1.29, 1.82) is 0 Å². The van der Waals surface area contributed by atoms with Gasteiger partial charge in [0, 0.05) is 31.3 Å². The van der Waals surface area contributed by atoms with E-state index in [2.05, 4.69) is 0 Å². The Hall–Kier alpha value is -2.43. The van der Waals surface area contributed by atoms with Crippen LogP contribution < -0.4 is 4.74 Å². The number of hydrogen-bond acceptors (Lipinski definition) is 5. The van der Waals surface area contributed by atoms with E-state index in [4.69, 9.17) is 9.47 Å². The zero-order valence-electron chi connectivity index (χ0n) is 17.8. The number of hydrogen-bond donors (Lipinski definition) is 0. The van der Waals surface area contributed by atoms with Gasteiger partial charge in [-0.05, 0) is 28.5 Å². The van der Waals surface area contributed by atoms with Crippen molar-refractivity contribution in [2.75, 3.05) is 7.11 Å². The molecule has 5 heteroatoms. The molecular formula is C24H28O5. The zero-order chi connectivity index (χ0) is 21.2. The maximum atomic E-state index is 13.5. The summed E-state index contributed by atoms with van der Waals surface area (Å²) in [6, 6.07) is 7.25. The highest BCUT2D eigenvalue weighted by molar-refractivity contribution is 6.17. The quantitative estimate of drug-likeness (QED) is 0.703. The highest BCUT2D eigenvalue weighted by Crippen LogP contribution is 2.57. The second kappa shape index (κ2) is 6.28. The van der Waals surface area contributed by atoms with Crippen LogP contribution in [0.4, 0.5) is 0 Å². The van der Waals surface area contributed by atoms with Crippen LogP contribution in [0.2, 0.25) is 0 Å². The van der Waals surface area contributed by atoms with E-state index in [1.165, 1.54) is 0 Å². The third-order valence-corrected chi connectivity index (χ3v) is 6.41.